The van der Waals surface area contributed by atoms with Crippen molar-refractivity contribution in [3.63, 3.8) is 0 Å². The topological polar surface area (TPSA) is 57.6 Å². The van der Waals surface area contributed by atoms with Crippen LogP contribution in [0.2, 0.25) is 0 Å². The molecule has 0 saturated carbocycles. The Kier molecular flexibility index (Phi) is 2.71. The molecule has 13 heavy (non-hydrogen) atoms. The minimum atomic E-state index is -3.09. The molecule has 1 N–H and O–H groups in total. The van der Waals surface area contributed by atoms with Gasteiger partial charge in [0.2, 0.25) is 10.0 Å². The van der Waals surface area contributed by atoms with Gasteiger partial charge in [0.25, 0.3) is 0 Å². The Morgan fingerprint density at radius 1 is 1.46 bits per heavy atom. The van der Waals surface area contributed by atoms with E-state index in [4.69, 9.17) is 0 Å². The van der Waals surface area contributed by atoms with Crippen LogP contribution in [-0.4, -0.2) is 42.3 Å². The number of nitrogens with zero attached hydrogens (tertiary/aromatic N) is 1. The molecule has 4 nitrogen and oxygen atoms in total. The normalized spacial score (nSPS) is 23.2. The molecule has 1 heterocycles. The number of β-amino-alcohol motifs (C(OH)–C–C–N with tert-alkyl or cyclic N) is 1. The third-order valence-electron chi connectivity index (χ3n) is 2.73. The minimum absolute atomic E-state index is 0.107. The molecule has 0 aromatic heterocycles. The number of hydrogen-bond donors (Lipinski definition) is 1. The van der Waals surface area contributed by atoms with E-state index < -0.39 is 15.6 Å². The lowest BCUT2D eigenvalue weighted by Crippen LogP contribution is -2.66. The lowest BCUT2D eigenvalue weighted by Gasteiger charge is -2.47. The Morgan fingerprint density at radius 3 is 2.23 bits per heavy atom. The van der Waals surface area contributed by atoms with E-state index in [0.717, 1.165) is 0 Å². The van der Waals surface area contributed by atoms with Crippen LogP contribution in [0.5, 0.6) is 0 Å². The van der Waals surface area contributed by atoms with E-state index in [1.54, 1.807) is 6.92 Å². The number of rotatable bonds is 3. The fourth-order valence-corrected chi connectivity index (χ4v) is 2.51. The van der Waals surface area contributed by atoms with Crippen LogP contribution in [0.3, 0.4) is 0 Å². The second-order valence-corrected chi connectivity index (χ2v) is 6.18. The van der Waals surface area contributed by atoms with E-state index >= 15 is 0 Å². The highest BCUT2D eigenvalue weighted by Gasteiger charge is 2.47. The number of aliphatic hydroxyl groups is 1. The smallest absolute Gasteiger partial charge is 0.214 e. The van der Waals surface area contributed by atoms with Gasteiger partial charge in [-0.1, -0.05) is 13.8 Å². The van der Waals surface area contributed by atoms with Crippen LogP contribution in [0.25, 0.3) is 0 Å². The standard InChI is InChI=1S/C8H17NO3S/c1-4-13(11,12)9-5-8(10,6-9)7(2)3/h7,10H,4-6H2,1-3H3. The Bertz CT molecular complexity index is 278. The van der Waals surface area contributed by atoms with E-state index in [1.165, 1.54) is 4.31 Å². The third kappa shape index (κ3) is 1.87. The Hall–Kier alpha value is -0.130. The van der Waals surface area contributed by atoms with E-state index in [0.29, 0.717) is 0 Å². The molecule has 1 aliphatic heterocycles. The maximum absolute atomic E-state index is 11.3. The fourth-order valence-electron chi connectivity index (χ4n) is 1.31. The summed E-state index contributed by atoms with van der Waals surface area (Å²) in [6, 6.07) is 0. The Balaban J connectivity index is 2.60. The molecule has 0 aliphatic carbocycles. The molecule has 0 radical (unpaired) electrons. The van der Waals surface area contributed by atoms with E-state index in [9.17, 15) is 13.5 Å². The zero-order valence-electron chi connectivity index (χ0n) is 8.32. The van der Waals surface area contributed by atoms with Crippen molar-refractivity contribution in [1.29, 1.82) is 0 Å². The minimum Gasteiger partial charge on any atom is -0.387 e. The van der Waals surface area contributed by atoms with E-state index in [-0.39, 0.29) is 24.8 Å². The lowest BCUT2D eigenvalue weighted by molar-refractivity contribution is -0.0931. The van der Waals surface area contributed by atoms with Gasteiger partial charge in [0, 0.05) is 13.1 Å². The molecule has 0 spiro atoms. The second kappa shape index (κ2) is 3.22. The first kappa shape index (κ1) is 10.9. The van der Waals surface area contributed by atoms with Crippen molar-refractivity contribution in [2.75, 3.05) is 18.8 Å². The van der Waals surface area contributed by atoms with Crippen LogP contribution < -0.4 is 0 Å². The van der Waals surface area contributed by atoms with Crippen molar-refractivity contribution in [3.8, 4) is 0 Å². The molecule has 78 valence electrons. The molecule has 5 heteroatoms. The first-order valence-corrected chi connectivity index (χ1v) is 6.13. The fraction of sp³-hybridized carbons (Fsp3) is 1.00. The highest BCUT2D eigenvalue weighted by Crippen LogP contribution is 2.30. The van der Waals surface area contributed by atoms with Crippen molar-refractivity contribution in [2.24, 2.45) is 5.92 Å². The first-order chi connectivity index (χ1) is 5.82. The van der Waals surface area contributed by atoms with Gasteiger partial charge in [-0.3, -0.25) is 0 Å². The van der Waals surface area contributed by atoms with E-state index in [2.05, 4.69) is 0 Å². The lowest BCUT2D eigenvalue weighted by atomic mass is 9.85. The summed E-state index contributed by atoms with van der Waals surface area (Å²) in [5.41, 5.74) is -0.803. The van der Waals surface area contributed by atoms with Crippen molar-refractivity contribution in [3.05, 3.63) is 0 Å². The van der Waals surface area contributed by atoms with Crippen molar-refractivity contribution >= 4 is 10.0 Å². The first-order valence-electron chi connectivity index (χ1n) is 4.52. The Morgan fingerprint density at radius 2 is 1.92 bits per heavy atom. The van der Waals surface area contributed by atoms with Gasteiger partial charge in [0.05, 0.1) is 11.4 Å². The zero-order valence-corrected chi connectivity index (χ0v) is 9.13. The largest absolute Gasteiger partial charge is 0.387 e. The van der Waals surface area contributed by atoms with Gasteiger partial charge in [-0.05, 0) is 12.8 Å². The predicted octanol–water partition coefficient (Wildman–Crippen LogP) is 0.0388. The third-order valence-corrected chi connectivity index (χ3v) is 4.51. The second-order valence-electron chi connectivity index (χ2n) is 3.93. The van der Waals surface area contributed by atoms with Gasteiger partial charge in [-0.15, -0.1) is 0 Å². The van der Waals surface area contributed by atoms with Gasteiger partial charge < -0.3 is 5.11 Å². The molecule has 0 unspecified atom stereocenters. The summed E-state index contributed by atoms with van der Waals surface area (Å²) in [5, 5.41) is 9.81. The maximum Gasteiger partial charge on any atom is 0.214 e. The van der Waals surface area contributed by atoms with Crippen LogP contribution in [0.4, 0.5) is 0 Å². The van der Waals surface area contributed by atoms with Gasteiger partial charge in [0.1, 0.15) is 0 Å². The summed E-state index contributed by atoms with van der Waals surface area (Å²) in [4.78, 5) is 0. The van der Waals surface area contributed by atoms with Crippen LogP contribution in [0, 0.1) is 5.92 Å². The van der Waals surface area contributed by atoms with Crippen molar-refractivity contribution < 1.29 is 13.5 Å². The van der Waals surface area contributed by atoms with Crippen molar-refractivity contribution in [1.82, 2.24) is 4.31 Å². The molecule has 0 bridgehead atoms. The summed E-state index contributed by atoms with van der Waals surface area (Å²) in [7, 11) is -3.09. The Labute approximate surface area is 79.6 Å². The van der Waals surface area contributed by atoms with Crippen LogP contribution in [-0.2, 0) is 10.0 Å². The number of sulfonamides is 1. The molecule has 0 amide bonds. The molecular weight excluding hydrogens is 190 g/mol. The molecule has 0 aromatic carbocycles. The highest BCUT2D eigenvalue weighted by molar-refractivity contribution is 7.89. The van der Waals surface area contributed by atoms with Gasteiger partial charge in [-0.25, -0.2) is 8.42 Å². The van der Waals surface area contributed by atoms with Gasteiger partial charge in [0.15, 0.2) is 0 Å². The van der Waals surface area contributed by atoms with Crippen LogP contribution >= 0.6 is 0 Å². The molecule has 1 aliphatic rings. The average Bonchev–Trinajstić information content (AvgIpc) is 1.98. The van der Waals surface area contributed by atoms with Gasteiger partial charge >= 0.3 is 0 Å². The van der Waals surface area contributed by atoms with E-state index in [1.807, 2.05) is 13.8 Å². The number of hydrogen-bond acceptors (Lipinski definition) is 3. The SMILES string of the molecule is CCS(=O)(=O)N1CC(O)(C(C)C)C1. The van der Waals surface area contributed by atoms with Gasteiger partial charge in [-0.2, -0.15) is 4.31 Å². The molecular formula is C8H17NO3S. The molecule has 0 atom stereocenters. The molecule has 1 rings (SSSR count). The maximum atomic E-state index is 11.3. The van der Waals surface area contributed by atoms with Crippen molar-refractivity contribution in [2.45, 2.75) is 26.4 Å². The molecule has 1 saturated heterocycles. The average molecular weight is 207 g/mol. The quantitative estimate of drug-likeness (QED) is 0.711. The summed E-state index contributed by atoms with van der Waals surface area (Å²) >= 11 is 0. The summed E-state index contributed by atoms with van der Waals surface area (Å²) < 4.78 is 24.0. The predicted molar refractivity (Wildman–Crippen MR) is 50.8 cm³/mol. The summed E-state index contributed by atoms with van der Waals surface area (Å²) in [5.74, 6) is 0.220. The van der Waals surface area contributed by atoms with Crippen LogP contribution in [0.15, 0.2) is 0 Å². The zero-order chi connectivity index (χ0) is 10.3. The van der Waals surface area contributed by atoms with Crippen LogP contribution in [0.1, 0.15) is 20.8 Å². The summed E-state index contributed by atoms with van der Waals surface area (Å²) in [6.07, 6.45) is 0. The molecule has 1 fully saturated rings. The molecule has 0 aromatic rings. The monoisotopic (exact) mass is 207 g/mol. The highest BCUT2D eigenvalue weighted by atomic mass is 32.2. The summed E-state index contributed by atoms with van der Waals surface area (Å²) in [6.45, 7) is 5.91.